The first-order valence-electron chi connectivity index (χ1n) is 12.2. The largest absolute Gasteiger partial charge is 0.460 e. The number of aryl methyl sites for hydroxylation is 1. The van der Waals surface area contributed by atoms with E-state index in [0.717, 1.165) is 75.2 Å². The third-order valence-corrected chi connectivity index (χ3v) is 7.89. The van der Waals surface area contributed by atoms with Gasteiger partial charge in [-0.05, 0) is 76.0 Å². The molecule has 0 unspecified atom stereocenters. The molecule has 3 heterocycles. The lowest BCUT2D eigenvalue weighted by molar-refractivity contribution is -0.153. The highest BCUT2D eigenvalue weighted by Gasteiger charge is 2.30. The number of fused-ring (bicyclic) bond motifs is 1. The van der Waals surface area contributed by atoms with Gasteiger partial charge in [-0.25, -0.2) is 9.98 Å². The molecule has 0 atom stereocenters. The van der Waals surface area contributed by atoms with Crippen LogP contribution in [0.25, 0.3) is 0 Å². The third-order valence-electron chi connectivity index (χ3n) is 6.82. The molecule has 0 aromatic carbocycles. The first kappa shape index (κ1) is 25.8. The van der Waals surface area contributed by atoms with Crippen molar-refractivity contribution < 1.29 is 22.7 Å². The van der Waals surface area contributed by atoms with E-state index in [9.17, 15) is 18.0 Å². The predicted octanol–water partition coefficient (Wildman–Crippen LogP) is 5.30. The average molecular weight is 509 g/mol. The molecule has 2 aromatic rings. The standard InChI is InChI=1S/C25H31F3N4O2S/c1-17-20(3-2-11-29-17)23(33)30-15-19-6-4-18(5-7-19)8-12-32-13-9-21-22(10-14-32)35-24(31-21)34-16-25(26,27)28/h2-3,11,15,18-19H,4-10,12-14,16H2,1H3. The van der Waals surface area contributed by atoms with E-state index in [1.165, 1.54) is 11.3 Å². The van der Waals surface area contributed by atoms with Crippen molar-refractivity contribution in [3.63, 3.8) is 0 Å². The van der Waals surface area contributed by atoms with Gasteiger partial charge in [-0.1, -0.05) is 11.3 Å². The highest BCUT2D eigenvalue weighted by molar-refractivity contribution is 7.13. The van der Waals surface area contributed by atoms with Crippen molar-refractivity contribution >= 4 is 23.5 Å². The Balaban J connectivity index is 1.16. The molecule has 0 radical (unpaired) electrons. The molecule has 1 saturated carbocycles. The zero-order valence-electron chi connectivity index (χ0n) is 19.9. The van der Waals surface area contributed by atoms with Gasteiger partial charge in [0.1, 0.15) is 0 Å². The molecule has 1 amide bonds. The smallest absolute Gasteiger partial charge is 0.422 e. The topological polar surface area (TPSA) is 67.7 Å². The number of carbonyl (C=O) groups excluding carboxylic acids is 1. The normalized spacial score (nSPS) is 21.6. The molecule has 35 heavy (non-hydrogen) atoms. The van der Waals surface area contributed by atoms with Crippen LogP contribution in [-0.2, 0) is 12.8 Å². The molecule has 1 aliphatic carbocycles. The lowest BCUT2D eigenvalue weighted by Gasteiger charge is -2.28. The summed E-state index contributed by atoms with van der Waals surface area (Å²) in [5.41, 5.74) is 2.14. The van der Waals surface area contributed by atoms with Crippen LogP contribution in [0.15, 0.2) is 23.3 Å². The van der Waals surface area contributed by atoms with Crippen LogP contribution in [0.2, 0.25) is 0 Å². The summed E-state index contributed by atoms with van der Waals surface area (Å²) in [6.45, 7) is 3.31. The van der Waals surface area contributed by atoms with Gasteiger partial charge >= 0.3 is 6.18 Å². The Labute approximate surface area is 207 Å². The number of pyridine rings is 1. The summed E-state index contributed by atoms with van der Waals surface area (Å²) in [6.07, 6.45) is 6.22. The molecule has 2 aliphatic rings. The van der Waals surface area contributed by atoms with Crippen LogP contribution < -0.4 is 4.74 Å². The second kappa shape index (κ2) is 11.6. The molecule has 1 aliphatic heterocycles. The Bertz CT molecular complexity index is 1010. The van der Waals surface area contributed by atoms with E-state index in [0.29, 0.717) is 23.1 Å². The number of thiazole rings is 1. The second-order valence-electron chi connectivity index (χ2n) is 9.38. The first-order valence-corrected chi connectivity index (χ1v) is 13.0. The molecule has 4 rings (SSSR count). The maximum absolute atomic E-state index is 12.4. The molecule has 0 bridgehead atoms. The van der Waals surface area contributed by atoms with Gasteiger partial charge < -0.3 is 9.64 Å². The van der Waals surface area contributed by atoms with E-state index in [-0.39, 0.29) is 11.1 Å². The molecule has 0 saturated heterocycles. The minimum absolute atomic E-state index is 0.123. The number of hydrogen-bond donors (Lipinski definition) is 0. The van der Waals surface area contributed by atoms with Crippen molar-refractivity contribution in [1.82, 2.24) is 14.9 Å². The minimum Gasteiger partial charge on any atom is -0.460 e. The Kier molecular flexibility index (Phi) is 8.54. The Morgan fingerprint density at radius 1 is 1.26 bits per heavy atom. The summed E-state index contributed by atoms with van der Waals surface area (Å²) >= 11 is 1.24. The van der Waals surface area contributed by atoms with E-state index in [1.807, 2.05) is 13.1 Å². The average Bonchev–Trinajstić information content (AvgIpc) is 3.13. The number of aliphatic imine (C=N–C) groups is 1. The second-order valence-corrected chi connectivity index (χ2v) is 10.4. The molecular weight excluding hydrogens is 477 g/mol. The zero-order chi connectivity index (χ0) is 24.8. The molecule has 2 aromatic heterocycles. The molecule has 1 fully saturated rings. The van der Waals surface area contributed by atoms with Gasteiger partial charge in [-0.2, -0.15) is 13.2 Å². The summed E-state index contributed by atoms with van der Waals surface area (Å²) in [5, 5.41) is 0.123. The highest BCUT2D eigenvalue weighted by Crippen LogP contribution is 2.32. The number of hydrogen-bond acceptors (Lipinski definition) is 6. The monoisotopic (exact) mass is 508 g/mol. The van der Waals surface area contributed by atoms with Crippen molar-refractivity contribution in [1.29, 1.82) is 0 Å². The number of aromatic nitrogens is 2. The number of carbonyl (C=O) groups is 1. The number of ether oxygens (including phenoxy) is 1. The maximum Gasteiger partial charge on any atom is 0.422 e. The predicted molar refractivity (Wildman–Crippen MR) is 129 cm³/mol. The Morgan fingerprint density at radius 3 is 2.77 bits per heavy atom. The molecule has 0 N–H and O–H groups in total. The zero-order valence-corrected chi connectivity index (χ0v) is 20.7. The van der Waals surface area contributed by atoms with Crippen molar-refractivity contribution in [2.45, 2.75) is 58.0 Å². The number of halogens is 3. The summed E-state index contributed by atoms with van der Waals surface area (Å²) in [6, 6.07) is 3.52. The van der Waals surface area contributed by atoms with Crippen molar-refractivity contribution in [3.8, 4) is 5.19 Å². The molecule has 0 spiro atoms. The highest BCUT2D eigenvalue weighted by atomic mass is 32.1. The van der Waals surface area contributed by atoms with Gasteiger partial charge in [0.25, 0.3) is 11.1 Å². The van der Waals surface area contributed by atoms with Crippen molar-refractivity contribution in [3.05, 3.63) is 40.2 Å². The summed E-state index contributed by atoms with van der Waals surface area (Å²) < 4.78 is 41.9. The fraction of sp³-hybridized carbons (Fsp3) is 0.600. The van der Waals surface area contributed by atoms with E-state index in [4.69, 9.17) is 4.74 Å². The SMILES string of the molecule is Cc1ncccc1C(=O)N=CC1CCC(CCN2CCc3nc(OCC(F)(F)F)sc3CC2)CC1. The fourth-order valence-corrected chi connectivity index (χ4v) is 5.70. The molecule has 190 valence electrons. The Morgan fingerprint density at radius 2 is 2.03 bits per heavy atom. The van der Waals surface area contributed by atoms with Crippen LogP contribution in [0.1, 0.15) is 58.7 Å². The van der Waals surface area contributed by atoms with Gasteiger partial charge in [0.05, 0.1) is 17.0 Å². The number of nitrogens with zero attached hydrogens (tertiary/aromatic N) is 4. The van der Waals surface area contributed by atoms with Gasteiger partial charge in [-0.15, -0.1) is 0 Å². The third kappa shape index (κ3) is 7.57. The van der Waals surface area contributed by atoms with E-state index < -0.39 is 12.8 Å². The lowest BCUT2D eigenvalue weighted by Crippen LogP contribution is -2.29. The molecular formula is C25H31F3N4O2S. The van der Waals surface area contributed by atoms with Gasteiger partial charge in [0, 0.05) is 36.8 Å². The summed E-state index contributed by atoms with van der Waals surface area (Å²) in [4.78, 5) is 28.5. The van der Waals surface area contributed by atoms with E-state index >= 15 is 0 Å². The first-order chi connectivity index (χ1) is 16.8. The van der Waals surface area contributed by atoms with E-state index in [1.54, 1.807) is 18.3 Å². The fourth-order valence-electron chi connectivity index (χ4n) is 4.76. The van der Waals surface area contributed by atoms with Crippen LogP contribution in [0.5, 0.6) is 5.19 Å². The van der Waals surface area contributed by atoms with Crippen LogP contribution in [-0.4, -0.2) is 59.4 Å². The molecule has 6 nitrogen and oxygen atoms in total. The number of rotatable bonds is 7. The molecule has 10 heteroatoms. The number of amides is 1. The quantitative estimate of drug-likeness (QED) is 0.475. The number of alkyl halides is 3. The van der Waals surface area contributed by atoms with Crippen LogP contribution in [0, 0.1) is 18.8 Å². The van der Waals surface area contributed by atoms with E-state index in [2.05, 4.69) is 19.9 Å². The minimum atomic E-state index is -4.35. The van der Waals surface area contributed by atoms with Crippen molar-refractivity contribution in [2.75, 3.05) is 26.2 Å². The van der Waals surface area contributed by atoms with Gasteiger partial charge in [0.15, 0.2) is 6.61 Å². The summed E-state index contributed by atoms with van der Waals surface area (Å²) in [7, 11) is 0. The van der Waals surface area contributed by atoms with Crippen molar-refractivity contribution in [2.24, 2.45) is 16.8 Å². The van der Waals surface area contributed by atoms with Crippen LogP contribution >= 0.6 is 11.3 Å². The van der Waals surface area contributed by atoms with Crippen LogP contribution in [0.3, 0.4) is 0 Å². The lowest BCUT2D eigenvalue weighted by atomic mass is 9.81. The van der Waals surface area contributed by atoms with Crippen LogP contribution in [0.4, 0.5) is 13.2 Å². The Hall–Kier alpha value is -2.33. The van der Waals surface area contributed by atoms with Gasteiger partial charge in [-0.3, -0.25) is 9.78 Å². The van der Waals surface area contributed by atoms with Gasteiger partial charge in [0.2, 0.25) is 0 Å². The summed E-state index contributed by atoms with van der Waals surface area (Å²) in [5.74, 6) is 0.802. The maximum atomic E-state index is 12.4.